The Labute approximate surface area is 55.4 Å². The van der Waals surface area contributed by atoms with E-state index in [2.05, 4.69) is 5.43 Å². The minimum atomic E-state index is 0.00405. The molecule has 8 heavy (non-hydrogen) atoms. The van der Waals surface area contributed by atoms with E-state index in [1.807, 2.05) is 20.8 Å². The fourth-order valence-corrected chi connectivity index (χ4v) is 0.217. The van der Waals surface area contributed by atoms with E-state index in [4.69, 9.17) is 18.1 Å². The molecule has 3 N–H and O–H groups in total. The third-order valence-corrected chi connectivity index (χ3v) is 1.54. The molecule has 3 heteroatoms. The minimum Gasteiger partial charge on any atom is -0.318 e. The molecule has 0 amide bonds. The largest absolute Gasteiger partial charge is 0.318 e. The van der Waals surface area contributed by atoms with Crippen molar-refractivity contribution in [3.05, 3.63) is 0 Å². The van der Waals surface area contributed by atoms with Gasteiger partial charge in [-0.1, -0.05) is 33.0 Å². The first-order chi connectivity index (χ1) is 3.48. The van der Waals surface area contributed by atoms with E-state index in [0.29, 0.717) is 4.99 Å². The molecule has 0 fully saturated rings. The van der Waals surface area contributed by atoms with Crippen LogP contribution in [0.5, 0.6) is 0 Å². The maximum absolute atomic E-state index is 5.07. The molecule has 0 spiro atoms. The quantitative estimate of drug-likeness (QED) is 0.291. The molecule has 0 saturated heterocycles. The highest BCUT2D eigenvalue weighted by Gasteiger charge is 2.14. The summed E-state index contributed by atoms with van der Waals surface area (Å²) in [7, 11) is 0. The fraction of sp³-hybridized carbons (Fsp3) is 0.800. The number of rotatable bonds is 0. The highest BCUT2D eigenvalue weighted by atomic mass is 32.1. The molecule has 0 aliphatic heterocycles. The highest BCUT2D eigenvalue weighted by Crippen LogP contribution is 2.12. The van der Waals surface area contributed by atoms with Gasteiger partial charge in [0.05, 0.1) is 4.99 Å². The van der Waals surface area contributed by atoms with E-state index in [0.717, 1.165) is 0 Å². The van der Waals surface area contributed by atoms with Crippen LogP contribution >= 0.6 is 12.2 Å². The molecule has 0 radical (unpaired) electrons. The first-order valence-corrected chi connectivity index (χ1v) is 2.90. The van der Waals surface area contributed by atoms with Crippen LogP contribution in [0, 0.1) is 5.41 Å². The lowest BCUT2D eigenvalue weighted by atomic mass is 9.97. The maximum Gasteiger partial charge on any atom is 0.0947 e. The fourth-order valence-electron chi connectivity index (χ4n) is 0.217. The van der Waals surface area contributed by atoms with Gasteiger partial charge in [0.25, 0.3) is 0 Å². The Balaban J connectivity index is 3.82. The normalized spacial score (nSPS) is 11.0. The predicted octanol–water partition coefficient (Wildman–Crippen LogP) is 0.823. The average Bonchev–Trinajstić information content (AvgIpc) is 1.62. The first-order valence-electron chi connectivity index (χ1n) is 2.49. The van der Waals surface area contributed by atoms with Gasteiger partial charge in [-0.2, -0.15) is 0 Å². The van der Waals surface area contributed by atoms with E-state index in [1.165, 1.54) is 0 Å². The van der Waals surface area contributed by atoms with Gasteiger partial charge < -0.3 is 5.43 Å². The summed E-state index contributed by atoms with van der Waals surface area (Å²) in [6, 6.07) is 0. The van der Waals surface area contributed by atoms with E-state index in [9.17, 15) is 0 Å². The lowest BCUT2D eigenvalue weighted by Gasteiger charge is -2.18. The minimum absolute atomic E-state index is 0.00405. The summed E-state index contributed by atoms with van der Waals surface area (Å²) in [6.07, 6.45) is 0. The standard InChI is InChI=1S/C5H12N2S/c1-5(2,3)4(8)7-6/h6H2,1-3H3,(H,7,8). The second kappa shape index (κ2) is 2.42. The topological polar surface area (TPSA) is 38.0 Å². The Morgan fingerprint density at radius 1 is 1.50 bits per heavy atom. The molecule has 0 saturated carbocycles. The lowest BCUT2D eigenvalue weighted by molar-refractivity contribution is 0.579. The van der Waals surface area contributed by atoms with Crippen molar-refractivity contribution in [2.24, 2.45) is 11.3 Å². The van der Waals surface area contributed by atoms with Crippen molar-refractivity contribution in [1.82, 2.24) is 5.43 Å². The summed E-state index contributed by atoms with van der Waals surface area (Å²) >= 11 is 4.86. The number of nitrogens with one attached hydrogen (secondary N) is 1. The van der Waals surface area contributed by atoms with E-state index in [1.54, 1.807) is 0 Å². The van der Waals surface area contributed by atoms with Crippen molar-refractivity contribution in [2.75, 3.05) is 0 Å². The van der Waals surface area contributed by atoms with Gasteiger partial charge in [0.2, 0.25) is 0 Å². The maximum atomic E-state index is 5.07. The Morgan fingerprint density at radius 3 is 1.88 bits per heavy atom. The van der Waals surface area contributed by atoms with Crippen LogP contribution in [0.1, 0.15) is 20.8 Å². The summed E-state index contributed by atoms with van der Waals surface area (Å²) in [5.41, 5.74) is 2.44. The van der Waals surface area contributed by atoms with Gasteiger partial charge in [-0.15, -0.1) is 0 Å². The number of hydrazine groups is 1. The van der Waals surface area contributed by atoms with E-state index >= 15 is 0 Å². The molecule has 0 unspecified atom stereocenters. The first kappa shape index (κ1) is 7.85. The van der Waals surface area contributed by atoms with Gasteiger partial charge in [-0.3, -0.25) is 5.84 Å². The summed E-state index contributed by atoms with van der Waals surface area (Å²) < 4.78 is 0. The number of hydrogen-bond donors (Lipinski definition) is 2. The van der Waals surface area contributed by atoms with Crippen molar-refractivity contribution in [2.45, 2.75) is 20.8 Å². The summed E-state index contributed by atoms with van der Waals surface area (Å²) in [5, 5.41) is 0. The van der Waals surface area contributed by atoms with Crippen LogP contribution in [-0.4, -0.2) is 4.99 Å². The van der Waals surface area contributed by atoms with Crippen molar-refractivity contribution in [3.8, 4) is 0 Å². The van der Waals surface area contributed by atoms with E-state index in [-0.39, 0.29) is 5.41 Å². The predicted molar refractivity (Wildman–Crippen MR) is 39.4 cm³/mol. The van der Waals surface area contributed by atoms with Crippen LogP contribution in [0.15, 0.2) is 0 Å². The van der Waals surface area contributed by atoms with Gasteiger partial charge in [0.1, 0.15) is 0 Å². The SMILES string of the molecule is CC(C)(C)C(=S)NN. The zero-order valence-corrected chi connectivity index (χ0v) is 6.30. The van der Waals surface area contributed by atoms with Crippen LogP contribution in [0.25, 0.3) is 0 Å². The molecular weight excluding hydrogens is 120 g/mol. The third-order valence-electron chi connectivity index (χ3n) is 0.812. The van der Waals surface area contributed by atoms with Crippen molar-refractivity contribution >= 4 is 17.2 Å². The number of thiocarbonyl (C=S) groups is 1. The Bertz CT molecular complexity index is 93.1. The number of hydrogen-bond acceptors (Lipinski definition) is 2. The van der Waals surface area contributed by atoms with Crippen LogP contribution in [0.2, 0.25) is 0 Å². The van der Waals surface area contributed by atoms with Gasteiger partial charge in [-0.25, -0.2) is 0 Å². The van der Waals surface area contributed by atoms with Gasteiger partial charge in [0, 0.05) is 5.41 Å². The third kappa shape index (κ3) is 2.23. The molecule has 0 bridgehead atoms. The molecule has 0 aromatic heterocycles. The van der Waals surface area contributed by atoms with Crippen molar-refractivity contribution in [3.63, 3.8) is 0 Å². The van der Waals surface area contributed by atoms with Gasteiger partial charge >= 0.3 is 0 Å². The second-order valence-electron chi connectivity index (χ2n) is 2.72. The Hall–Kier alpha value is -0.150. The summed E-state index contributed by atoms with van der Waals surface area (Å²) in [5.74, 6) is 5.07. The Morgan fingerprint density at radius 2 is 1.88 bits per heavy atom. The molecule has 2 nitrogen and oxygen atoms in total. The second-order valence-corrected chi connectivity index (χ2v) is 3.13. The van der Waals surface area contributed by atoms with Crippen molar-refractivity contribution in [1.29, 1.82) is 0 Å². The zero-order valence-electron chi connectivity index (χ0n) is 5.49. The monoisotopic (exact) mass is 132 g/mol. The zero-order chi connectivity index (χ0) is 6.78. The van der Waals surface area contributed by atoms with Gasteiger partial charge in [-0.05, 0) is 0 Å². The molecule has 0 atom stereocenters. The highest BCUT2D eigenvalue weighted by molar-refractivity contribution is 7.80. The number of nitrogens with two attached hydrogens (primary N) is 1. The Kier molecular flexibility index (Phi) is 2.37. The van der Waals surface area contributed by atoms with Crippen LogP contribution in [0.4, 0.5) is 0 Å². The molecular formula is C5H12N2S. The summed E-state index contributed by atoms with van der Waals surface area (Å²) in [6.45, 7) is 6.03. The lowest BCUT2D eigenvalue weighted by Crippen LogP contribution is -2.37. The molecule has 0 rings (SSSR count). The van der Waals surface area contributed by atoms with Crippen molar-refractivity contribution < 1.29 is 0 Å². The molecule has 0 aromatic rings. The van der Waals surface area contributed by atoms with Crippen LogP contribution in [0.3, 0.4) is 0 Å². The average molecular weight is 132 g/mol. The molecule has 0 heterocycles. The molecule has 0 aliphatic rings. The molecule has 0 aromatic carbocycles. The van der Waals surface area contributed by atoms with Gasteiger partial charge in [0.15, 0.2) is 0 Å². The van der Waals surface area contributed by atoms with E-state index < -0.39 is 0 Å². The van der Waals surface area contributed by atoms with Crippen LogP contribution < -0.4 is 11.3 Å². The van der Waals surface area contributed by atoms with Crippen LogP contribution in [-0.2, 0) is 0 Å². The smallest absolute Gasteiger partial charge is 0.0947 e. The molecule has 0 aliphatic carbocycles. The molecule has 48 valence electrons. The summed E-state index contributed by atoms with van der Waals surface area (Å²) in [4.78, 5) is 0.692.